The van der Waals surface area contributed by atoms with Gasteiger partial charge in [-0.25, -0.2) is 0 Å². The molecule has 32 heavy (non-hydrogen) atoms. The van der Waals surface area contributed by atoms with Crippen molar-refractivity contribution in [1.82, 2.24) is 10.2 Å². The van der Waals surface area contributed by atoms with Gasteiger partial charge in [0.05, 0.1) is 0 Å². The van der Waals surface area contributed by atoms with Crippen molar-refractivity contribution in [2.45, 2.75) is 91.8 Å². The zero-order valence-corrected chi connectivity index (χ0v) is 20.9. The van der Waals surface area contributed by atoms with Gasteiger partial charge in [0.15, 0.2) is 0 Å². The predicted molar refractivity (Wildman–Crippen MR) is 133 cm³/mol. The van der Waals surface area contributed by atoms with Crippen LogP contribution in [0.3, 0.4) is 0 Å². The second kappa shape index (κ2) is 11.3. The van der Waals surface area contributed by atoms with Crippen molar-refractivity contribution >= 4 is 11.8 Å². The molecule has 2 aromatic rings. The van der Waals surface area contributed by atoms with E-state index in [1.807, 2.05) is 45.9 Å². The third-order valence-corrected chi connectivity index (χ3v) is 5.70. The summed E-state index contributed by atoms with van der Waals surface area (Å²) in [5, 5.41) is 2.99. The Bertz CT molecular complexity index is 894. The van der Waals surface area contributed by atoms with E-state index in [1.54, 1.807) is 4.90 Å². The molecular formula is C28H40N2O2. The van der Waals surface area contributed by atoms with Crippen molar-refractivity contribution in [3.05, 3.63) is 70.8 Å². The van der Waals surface area contributed by atoms with Gasteiger partial charge in [-0.05, 0) is 55.7 Å². The molecule has 0 radical (unpaired) electrons. The standard InChI is InChI=1S/C28H40N2O2/c1-8-25(27(32)29-20(2)3)30(19-23-11-9-10-21(4)18-23)26(31)17-14-22-12-15-24(16-13-22)28(5,6)7/h9-13,15-16,18,20,25H,8,14,17,19H2,1-7H3,(H,29,32). The highest BCUT2D eigenvalue weighted by Crippen LogP contribution is 2.23. The number of nitrogens with zero attached hydrogens (tertiary/aromatic N) is 1. The molecule has 0 saturated heterocycles. The molecule has 1 atom stereocenters. The molecule has 0 bridgehead atoms. The number of amides is 2. The maximum absolute atomic E-state index is 13.4. The first-order valence-electron chi connectivity index (χ1n) is 11.8. The molecule has 0 heterocycles. The quantitative estimate of drug-likeness (QED) is 0.560. The van der Waals surface area contributed by atoms with Crippen molar-refractivity contribution in [2.75, 3.05) is 0 Å². The predicted octanol–water partition coefficient (Wildman–Crippen LogP) is 5.56. The molecule has 2 rings (SSSR count). The van der Waals surface area contributed by atoms with Gasteiger partial charge in [0.25, 0.3) is 0 Å². The van der Waals surface area contributed by atoms with Gasteiger partial charge in [0.2, 0.25) is 11.8 Å². The summed E-state index contributed by atoms with van der Waals surface area (Å²) in [6.45, 7) is 14.9. The molecule has 0 aliphatic rings. The molecule has 2 amide bonds. The Hall–Kier alpha value is -2.62. The first-order valence-corrected chi connectivity index (χ1v) is 11.8. The van der Waals surface area contributed by atoms with Gasteiger partial charge >= 0.3 is 0 Å². The first kappa shape index (κ1) is 25.6. The third-order valence-electron chi connectivity index (χ3n) is 5.70. The van der Waals surface area contributed by atoms with Crippen LogP contribution in [0.1, 0.15) is 76.6 Å². The number of carbonyl (C=O) groups excluding carboxylic acids is 2. The Morgan fingerprint density at radius 1 is 1.00 bits per heavy atom. The lowest BCUT2D eigenvalue weighted by atomic mass is 9.86. The highest BCUT2D eigenvalue weighted by atomic mass is 16.2. The molecule has 1 N–H and O–H groups in total. The van der Waals surface area contributed by atoms with E-state index in [1.165, 1.54) is 5.56 Å². The van der Waals surface area contributed by atoms with E-state index in [4.69, 9.17) is 0 Å². The van der Waals surface area contributed by atoms with E-state index in [0.29, 0.717) is 25.8 Å². The molecule has 0 aliphatic carbocycles. The van der Waals surface area contributed by atoms with Crippen LogP contribution in [0.4, 0.5) is 0 Å². The fourth-order valence-electron chi connectivity index (χ4n) is 3.87. The number of rotatable bonds is 9. The SMILES string of the molecule is CCC(C(=O)NC(C)C)N(Cc1cccc(C)c1)C(=O)CCc1ccc(C(C)(C)C)cc1. The largest absolute Gasteiger partial charge is 0.352 e. The topological polar surface area (TPSA) is 49.4 Å². The maximum Gasteiger partial charge on any atom is 0.243 e. The minimum absolute atomic E-state index is 0.0113. The summed E-state index contributed by atoms with van der Waals surface area (Å²) in [7, 11) is 0. The van der Waals surface area contributed by atoms with Crippen molar-refractivity contribution in [3.8, 4) is 0 Å². The molecule has 0 spiro atoms. The zero-order valence-electron chi connectivity index (χ0n) is 20.9. The normalized spacial score (nSPS) is 12.5. The minimum Gasteiger partial charge on any atom is -0.352 e. The molecule has 174 valence electrons. The number of hydrogen-bond donors (Lipinski definition) is 1. The van der Waals surface area contributed by atoms with E-state index >= 15 is 0 Å². The average molecular weight is 437 g/mol. The first-order chi connectivity index (χ1) is 15.0. The van der Waals surface area contributed by atoms with Gasteiger partial charge < -0.3 is 10.2 Å². The fraction of sp³-hybridized carbons (Fsp3) is 0.500. The molecule has 0 saturated carbocycles. The van der Waals surface area contributed by atoms with Crippen LogP contribution >= 0.6 is 0 Å². The monoisotopic (exact) mass is 436 g/mol. The average Bonchev–Trinajstić information content (AvgIpc) is 2.71. The van der Waals surface area contributed by atoms with Crippen molar-refractivity contribution in [3.63, 3.8) is 0 Å². The Balaban J connectivity index is 2.19. The fourth-order valence-corrected chi connectivity index (χ4v) is 3.87. The van der Waals surface area contributed by atoms with Gasteiger partial charge in [-0.15, -0.1) is 0 Å². The summed E-state index contributed by atoms with van der Waals surface area (Å²) in [5.74, 6) is -0.0739. The van der Waals surface area contributed by atoms with Crippen LogP contribution in [0.2, 0.25) is 0 Å². The van der Waals surface area contributed by atoms with Crippen LogP contribution in [0, 0.1) is 6.92 Å². The number of benzene rings is 2. The summed E-state index contributed by atoms with van der Waals surface area (Å²) < 4.78 is 0. The number of hydrogen-bond acceptors (Lipinski definition) is 2. The number of nitrogens with one attached hydrogen (secondary N) is 1. The van der Waals surface area contributed by atoms with Crippen molar-refractivity contribution in [1.29, 1.82) is 0 Å². The van der Waals surface area contributed by atoms with Gasteiger partial charge in [-0.2, -0.15) is 0 Å². The van der Waals surface area contributed by atoms with Crippen molar-refractivity contribution in [2.24, 2.45) is 0 Å². The highest BCUT2D eigenvalue weighted by Gasteiger charge is 2.28. The molecule has 1 unspecified atom stereocenters. The van der Waals surface area contributed by atoms with Crippen LogP contribution in [0.25, 0.3) is 0 Å². The van der Waals surface area contributed by atoms with Crippen LogP contribution in [-0.2, 0) is 28.0 Å². The molecular weight excluding hydrogens is 396 g/mol. The van der Waals surface area contributed by atoms with Crippen LogP contribution in [0.15, 0.2) is 48.5 Å². The lowest BCUT2D eigenvalue weighted by Gasteiger charge is -2.31. The molecule has 4 heteroatoms. The summed E-state index contributed by atoms with van der Waals surface area (Å²) in [6.07, 6.45) is 1.62. The molecule has 4 nitrogen and oxygen atoms in total. The van der Waals surface area contributed by atoms with Crippen LogP contribution in [0.5, 0.6) is 0 Å². The molecule has 2 aromatic carbocycles. The molecule has 0 aliphatic heterocycles. The van der Waals surface area contributed by atoms with E-state index in [-0.39, 0.29) is 23.3 Å². The van der Waals surface area contributed by atoms with Crippen molar-refractivity contribution < 1.29 is 9.59 Å². The zero-order chi connectivity index (χ0) is 23.9. The third kappa shape index (κ3) is 7.51. The number of aryl methyl sites for hydroxylation is 2. The van der Waals surface area contributed by atoms with Gasteiger partial charge in [-0.1, -0.05) is 81.8 Å². The van der Waals surface area contributed by atoms with Gasteiger partial charge in [0, 0.05) is 19.0 Å². The molecule has 0 fully saturated rings. The second-order valence-electron chi connectivity index (χ2n) is 10.0. The van der Waals surface area contributed by atoms with E-state index < -0.39 is 6.04 Å². The summed E-state index contributed by atoms with van der Waals surface area (Å²) in [4.78, 5) is 28.0. The summed E-state index contributed by atoms with van der Waals surface area (Å²) in [5.41, 5.74) is 4.72. The maximum atomic E-state index is 13.4. The van der Waals surface area contributed by atoms with Crippen LogP contribution in [-0.4, -0.2) is 28.8 Å². The van der Waals surface area contributed by atoms with Crippen LogP contribution < -0.4 is 5.32 Å². The molecule has 0 aromatic heterocycles. The highest BCUT2D eigenvalue weighted by molar-refractivity contribution is 5.87. The Morgan fingerprint density at radius 2 is 1.66 bits per heavy atom. The summed E-state index contributed by atoms with van der Waals surface area (Å²) >= 11 is 0. The lowest BCUT2D eigenvalue weighted by molar-refractivity contribution is -0.141. The lowest BCUT2D eigenvalue weighted by Crippen LogP contribution is -2.50. The second-order valence-corrected chi connectivity index (χ2v) is 10.0. The number of carbonyl (C=O) groups is 2. The Morgan fingerprint density at radius 3 is 2.19 bits per heavy atom. The van der Waals surface area contributed by atoms with Gasteiger partial charge in [0.1, 0.15) is 6.04 Å². The Kier molecular flexibility index (Phi) is 9.06. The Labute approximate surface area is 194 Å². The smallest absolute Gasteiger partial charge is 0.243 e. The minimum atomic E-state index is -0.478. The van der Waals surface area contributed by atoms with E-state index in [2.05, 4.69) is 56.4 Å². The summed E-state index contributed by atoms with van der Waals surface area (Å²) in [6, 6.07) is 16.2. The van der Waals surface area contributed by atoms with E-state index in [9.17, 15) is 9.59 Å². The van der Waals surface area contributed by atoms with Gasteiger partial charge in [-0.3, -0.25) is 9.59 Å². The van der Waals surface area contributed by atoms with E-state index in [0.717, 1.165) is 16.7 Å².